The molecule has 8 nitrogen and oxygen atoms in total. The quantitative estimate of drug-likeness (QED) is 0.320. The number of benzene rings is 1. The number of rotatable bonds is 11. The molecule has 0 bridgehead atoms. The van der Waals surface area contributed by atoms with Crippen LogP contribution in [0.5, 0.6) is 0 Å². The highest BCUT2D eigenvalue weighted by atomic mass is 16.6. The molecule has 0 unspecified atom stereocenters. The Labute approximate surface area is 247 Å². The Kier molecular flexibility index (Phi) is 15.0. The molecule has 1 heterocycles. The molecule has 0 radical (unpaired) electrons. The molecule has 2 aliphatic carbocycles. The van der Waals surface area contributed by atoms with E-state index in [0.717, 1.165) is 43.3 Å². The summed E-state index contributed by atoms with van der Waals surface area (Å²) in [5.74, 6) is -0.603. The van der Waals surface area contributed by atoms with Crippen LogP contribution in [-0.4, -0.2) is 71.1 Å². The zero-order chi connectivity index (χ0) is 29.3. The number of nitrogens with one attached hydrogen (secondary N) is 1. The van der Waals surface area contributed by atoms with Crippen LogP contribution in [0, 0.1) is 5.92 Å². The summed E-state index contributed by atoms with van der Waals surface area (Å²) in [4.78, 5) is 38.1. The number of ether oxygens (including phenoxy) is 1. The van der Waals surface area contributed by atoms with Crippen molar-refractivity contribution >= 4 is 18.0 Å². The highest BCUT2D eigenvalue weighted by Gasteiger charge is 2.24. The summed E-state index contributed by atoms with van der Waals surface area (Å²) in [6, 6.07) is 11.4. The first-order valence-corrected chi connectivity index (χ1v) is 16.2. The number of aliphatic carboxylic acids is 1. The van der Waals surface area contributed by atoms with Crippen LogP contribution in [0.25, 0.3) is 0 Å². The fraction of sp³-hybridized carbons (Fsp3) is 0.727. The normalized spacial score (nSPS) is 18.7. The molecule has 230 valence electrons. The van der Waals surface area contributed by atoms with Gasteiger partial charge in [-0.3, -0.25) is 9.59 Å². The Morgan fingerprint density at radius 2 is 1.49 bits per heavy atom. The van der Waals surface area contributed by atoms with E-state index >= 15 is 0 Å². The standard InChI is InChI=1S/C21H30N2O5.C12H23N/c1-2-22(15-20(25)26)19(24)10-6-9-17-11-13-23(14-12-17)21(27)28-16-18-7-4-3-5-8-18;1-3-7-11(8-4-1)13-12-9-5-2-6-10-12/h3-5,7-8,17H,2,6,9-16H2,1H3,(H,25,26);11-13H,1-10H2. The second-order valence-corrected chi connectivity index (χ2v) is 12.0. The van der Waals surface area contributed by atoms with Crippen molar-refractivity contribution in [1.82, 2.24) is 15.1 Å². The second kappa shape index (κ2) is 18.7. The zero-order valence-electron chi connectivity index (χ0n) is 25.2. The van der Waals surface area contributed by atoms with Gasteiger partial charge in [-0.1, -0.05) is 68.9 Å². The number of likely N-dealkylation sites (N-methyl/N-ethyl adjacent to an activating group) is 1. The van der Waals surface area contributed by atoms with Crippen molar-refractivity contribution in [2.75, 3.05) is 26.2 Å². The van der Waals surface area contributed by atoms with Crippen LogP contribution in [0.15, 0.2) is 30.3 Å². The number of carbonyl (C=O) groups is 3. The number of likely N-dealkylation sites (tertiary alicyclic amines) is 1. The van der Waals surface area contributed by atoms with E-state index in [1.54, 1.807) is 11.8 Å². The first-order valence-electron chi connectivity index (χ1n) is 16.2. The molecule has 2 N–H and O–H groups in total. The van der Waals surface area contributed by atoms with Gasteiger partial charge >= 0.3 is 12.1 Å². The molecule has 8 heteroatoms. The maximum atomic E-state index is 12.2. The number of carboxylic acid groups (broad SMARTS) is 1. The topological polar surface area (TPSA) is 99.2 Å². The summed E-state index contributed by atoms with van der Waals surface area (Å²) >= 11 is 0. The van der Waals surface area contributed by atoms with Gasteiger partial charge in [-0.25, -0.2) is 4.79 Å². The van der Waals surface area contributed by atoms with Gasteiger partial charge in [0.1, 0.15) is 13.2 Å². The number of carboxylic acids is 1. The smallest absolute Gasteiger partial charge is 0.410 e. The third-order valence-corrected chi connectivity index (χ3v) is 8.82. The Morgan fingerprint density at radius 1 is 0.902 bits per heavy atom. The molecular weight excluding hydrogens is 518 g/mol. The number of piperidine rings is 1. The molecule has 3 fully saturated rings. The SMILES string of the molecule is C1CCC(NC2CCCCC2)CC1.CCN(CC(=O)O)C(=O)CCCC1CCN(C(=O)OCc2ccccc2)CC1. The van der Waals surface area contributed by atoms with Crippen LogP contribution in [-0.2, 0) is 20.9 Å². The molecule has 0 atom stereocenters. The van der Waals surface area contributed by atoms with Crippen molar-refractivity contribution in [1.29, 1.82) is 0 Å². The predicted molar refractivity (Wildman–Crippen MR) is 162 cm³/mol. The van der Waals surface area contributed by atoms with Crippen molar-refractivity contribution in [3.63, 3.8) is 0 Å². The van der Waals surface area contributed by atoms with Crippen LogP contribution in [0.3, 0.4) is 0 Å². The molecule has 2 amide bonds. The van der Waals surface area contributed by atoms with Crippen molar-refractivity contribution in [2.45, 2.75) is 122 Å². The average Bonchev–Trinajstić information content (AvgIpc) is 3.00. The number of carbonyl (C=O) groups excluding carboxylic acids is 2. The predicted octanol–water partition coefficient (Wildman–Crippen LogP) is 6.38. The highest BCUT2D eigenvalue weighted by Crippen LogP contribution is 2.24. The summed E-state index contributed by atoms with van der Waals surface area (Å²) in [6.45, 7) is 3.59. The largest absolute Gasteiger partial charge is 0.480 e. The van der Waals surface area contributed by atoms with E-state index in [0.29, 0.717) is 32.0 Å². The first-order chi connectivity index (χ1) is 19.9. The van der Waals surface area contributed by atoms with Crippen molar-refractivity contribution in [2.24, 2.45) is 5.92 Å². The van der Waals surface area contributed by atoms with Gasteiger partial charge < -0.3 is 25.0 Å². The van der Waals surface area contributed by atoms with Crippen LogP contribution >= 0.6 is 0 Å². The molecule has 3 aliphatic rings. The van der Waals surface area contributed by atoms with E-state index in [-0.39, 0.29) is 25.2 Å². The third kappa shape index (κ3) is 12.8. The number of hydrogen-bond donors (Lipinski definition) is 2. The second-order valence-electron chi connectivity index (χ2n) is 12.0. The highest BCUT2D eigenvalue weighted by molar-refractivity contribution is 5.81. The van der Waals surface area contributed by atoms with Crippen molar-refractivity contribution < 1.29 is 24.2 Å². The lowest BCUT2D eigenvalue weighted by molar-refractivity contribution is -0.144. The number of nitrogens with zero attached hydrogens (tertiary/aromatic N) is 2. The van der Waals surface area contributed by atoms with Gasteiger partial charge in [0, 0.05) is 38.1 Å². The maximum Gasteiger partial charge on any atom is 0.410 e. The van der Waals surface area contributed by atoms with Crippen LogP contribution in [0.2, 0.25) is 0 Å². The number of hydrogen-bond acceptors (Lipinski definition) is 5. The lowest BCUT2D eigenvalue weighted by Gasteiger charge is -2.31. The Balaban J connectivity index is 0.000000294. The Hall–Kier alpha value is -2.61. The number of amides is 2. The zero-order valence-corrected chi connectivity index (χ0v) is 25.2. The van der Waals surface area contributed by atoms with Crippen LogP contribution in [0.4, 0.5) is 4.79 Å². The fourth-order valence-corrected chi connectivity index (χ4v) is 6.33. The molecule has 0 aromatic heterocycles. The summed E-state index contributed by atoms with van der Waals surface area (Å²) in [5.41, 5.74) is 0.972. The van der Waals surface area contributed by atoms with E-state index in [2.05, 4.69) is 5.32 Å². The Bertz CT molecular complexity index is 875. The first kappa shape index (κ1) is 32.9. The van der Waals surface area contributed by atoms with Gasteiger partial charge in [-0.05, 0) is 69.8 Å². The van der Waals surface area contributed by atoms with Crippen molar-refractivity contribution in [3.05, 3.63) is 35.9 Å². The lowest BCUT2D eigenvalue weighted by atomic mass is 9.91. The minimum atomic E-state index is -0.985. The van der Waals surface area contributed by atoms with Crippen molar-refractivity contribution in [3.8, 4) is 0 Å². The molecule has 0 spiro atoms. The summed E-state index contributed by atoms with van der Waals surface area (Å²) < 4.78 is 5.37. The molecule has 1 saturated heterocycles. The fourth-order valence-electron chi connectivity index (χ4n) is 6.33. The Morgan fingerprint density at radius 3 is 2.02 bits per heavy atom. The molecule has 41 heavy (non-hydrogen) atoms. The minimum Gasteiger partial charge on any atom is -0.480 e. The summed E-state index contributed by atoms with van der Waals surface area (Å²) in [6.07, 6.45) is 18.1. The van der Waals surface area contributed by atoms with Gasteiger partial charge in [-0.2, -0.15) is 0 Å². The van der Waals surface area contributed by atoms with E-state index in [1.807, 2.05) is 30.3 Å². The van der Waals surface area contributed by atoms with E-state index in [1.165, 1.54) is 69.1 Å². The lowest BCUT2D eigenvalue weighted by Crippen LogP contribution is -2.40. The summed E-state index contributed by atoms with van der Waals surface area (Å²) in [5, 5.41) is 12.7. The van der Waals surface area contributed by atoms with E-state index in [9.17, 15) is 14.4 Å². The van der Waals surface area contributed by atoms with Crippen LogP contribution in [0.1, 0.15) is 109 Å². The van der Waals surface area contributed by atoms with E-state index < -0.39 is 5.97 Å². The average molecular weight is 572 g/mol. The molecule has 1 aliphatic heterocycles. The third-order valence-electron chi connectivity index (χ3n) is 8.82. The minimum absolute atomic E-state index is 0.105. The van der Waals surface area contributed by atoms with Gasteiger partial charge in [0.2, 0.25) is 5.91 Å². The molecular formula is C33H53N3O5. The van der Waals surface area contributed by atoms with Crippen LogP contribution < -0.4 is 5.32 Å². The van der Waals surface area contributed by atoms with Gasteiger partial charge in [-0.15, -0.1) is 0 Å². The maximum absolute atomic E-state index is 12.2. The summed E-state index contributed by atoms with van der Waals surface area (Å²) in [7, 11) is 0. The van der Waals surface area contributed by atoms with Gasteiger partial charge in [0.05, 0.1) is 0 Å². The molecule has 2 saturated carbocycles. The molecule has 4 rings (SSSR count). The van der Waals surface area contributed by atoms with Gasteiger partial charge in [0.25, 0.3) is 0 Å². The molecule has 1 aromatic carbocycles. The van der Waals surface area contributed by atoms with E-state index in [4.69, 9.17) is 9.84 Å². The molecule has 1 aromatic rings. The monoisotopic (exact) mass is 571 g/mol. The van der Waals surface area contributed by atoms with Gasteiger partial charge in [0.15, 0.2) is 0 Å².